The molecule has 35 heavy (non-hydrogen) atoms. The number of carbonyl (C=O) groups is 3. The highest BCUT2D eigenvalue weighted by Crippen LogP contribution is 2.35. The van der Waals surface area contributed by atoms with E-state index >= 15 is 4.39 Å². The molecule has 0 aromatic heterocycles. The van der Waals surface area contributed by atoms with Crippen molar-refractivity contribution in [3.63, 3.8) is 0 Å². The van der Waals surface area contributed by atoms with Crippen LogP contribution in [0.4, 0.5) is 9.18 Å². The molecular formula is C26H29ClFNO6. The molecule has 0 bridgehead atoms. The predicted octanol–water partition coefficient (Wildman–Crippen LogP) is 5.27. The summed E-state index contributed by atoms with van der Waals surface area (Å²) in [5.74, 6) is -4.19. The van der Waals surface area contributed by atoms with Crippen LogP contribution >= 0.6 is 11.6 Å². The number of hydrogen-bond acceptors (Lipinski definition) is 5. The lowest BCUT2D eigenvalue weighted by Gasteiger charge is -2.40. The van der Waals surface area contributed by atoms with Gasteiger partial charge in [-0.05, 0) is 75.9 Å². The molecule has 0 radical (unpaired) electrons. The third-order valence-electron chi connectivity index (χ3n) is 5.97. The quantitative estimate of drug-likeness (QED) is 0.518. The van der Waals surface area contributed by atoms with E-state index in [9.17, 15) is 24.6 Å². The first-order chi connectivity index (χ1) is 16.4. The Bertz CT molecular complexity index is 1110. The SMILES string of the molecule is CC(C)(C)OC(=O)N1CCCCC1C(CO)c1ccc(C(=O)O)c(C(=O)c2ccc(Cl)cc2)c1F. The summed E-state index contributed by atoms with van der Waals surface area (Å²) >= 11 is 5.88. The molecule has 1 heterocycles. The molecular weight excluding hydrogens is 477 g/mol. The van der Waals surface area contributed by atoms with Crippen molar-refractivity contribution in [3.05, 3.63) is 69.5 Å². The molecule has 3 rings (SSSR count). The zero-order valence-electron chi connectivity index (χ0n) is 19.9. The lowest BCUT2D eigenvalue weighted by Crippen LogP contribution is -2.49. The van der Waals surface area contributed by atoms with Gasteiger partial charge in [0.15, 0.2) is 5.78 Å². The van der Waals surface area contributed by atoms with Crippen LogP contribution in [0.3, 0.4) is 0 Å². The van der Waals surface area contributed by atoms with Crippen LogP contribution in [0.15, 0.2) is 36.4 Å². The number of rotatable bonds is 6. The summed E-state index contributed by atoms with van der Waals surface area (Å²) in [4.78, 5) is 39.4. The Balaban J connectivity index is 2.07. The number of nitrogens with zero attached hydrogens (tertiary/aromatic N) is 1. The van der Waals surface area contributed by atoms with Crippen molar-refractivity contribution in [2.24, 2.45) is 0 Å². The molecule has 188 valence electrons. The van der Waals surface area contributed by atoms with E-state index in [0.29, 0.717) is 18.0 Å². The van der Waals surface area contributed by atoms with E-state index in [2.05, 4.69) is 0 Å². The maximum Gasteiger partial charge on any atom is 0.410 e. The van der Waals surface area contributed by atoms with Gasteiger partial charge in [-0.3, -0.25) is 4.79 Å². The van der Waals surface area contributed by atoms with Crippen LogP contribution in [-0.2, 0) is 4.74 Å². The Labute approximate surface area is 208 Å². The first-order valence-corrected chi connectivity index (χ1v) is 11.8. The number of carboxylic acids is 1. The Kier molecular flexibility index (Phi) is 8.18. The van der Waals surface area contributed by atoms with Crippen LogP contribution in [0.25, 0.3) is 0 Å². The van der Waals surface area contributed by atoms with Gasteiger partial charge >= 0.3 is 12.1 Å². The summed E-state index contributed by atoms with van der Waals surface area (Å²) in [5.41, 5.74) is -1.79. The zero-order chi connectivity index (χ0) is 25.9. The van der Waals surface area contributed by atoms with Crippen molar-refractivity contribution >= 4 is 29.4 Å². The van der Waals surface area contributed by atoms with Crippen LogP contribution < -0.4 is 0 Å². The van der Waals surface area contributed by atoms with Gasteiger partial charge in [-0.15, -0.1) is 0 Å². The molecule has 2 aromatic carbocycles. The molecule has 1 aliphatic rings. The number of aromatic carboxylic acids is 1. The highest BCUT2D eigenvalue weighted by molar-refractivity contribution is 6.30. The van der Waals surface area contributed by atoms with Crippen molar-refractivity contribution in [3.8, 4) is 0 Å². The Hall–Kier alpha value is -2.97. The minimum atomic E-state index is -1.46. The Morgan fingerprint density at radius 3 is 2.37 bits per heavy atom. The first-order valence-electron chi connectivity index (χ1n) is 11.4. The van der Waals surface area contributed by atoms with Gasteiger partial charge < -0.3 is 19.8 Å². The number of carboxylic acid groups (broad SMARTS) is 1. The van der Waals surface area contributed by atoms with E-state index in [-0.39, 0.29) is 11.1 Å². The van der Waals surface area contributed by atoms with Gasteiger partial charge in [0.1, 0.15) is 11.4 Å². The molecule has 0 aliphatic carbocycles. The summed E-state index contributed by atoms with van der Waals surface area (Å²) in [6, 6.07) is 7.51. The van der Waals surface area contributed by atoms with Gasteiger partial charge in [-0.25, -0.2) is 14.0 Å². The topological polar surface area (TPSA) is 104 Å². The average molecular weight is 506 g/mol. The molecule has 1 aliphatic heterocycles. The fourth-order valence-electron chi connectivity index (χ4n) is 4.37. The maximum absolute atomic E-state index is 15.9. The summed E-state index contributed by atoms with van der Waals surface area (Å²) in [5, 5.41) is 20.3. The number of likely N-dealkylation sites (tertiary alicyclic amines) is 1. The van der Waals surface area contributed by atoms with Gasteiger partial charge in [0.05, 0.1) is 17.7 Å². The van der Waals surface area contributed by atoms with Crippen molar-refractivity contribution in [2.45, 2.75) is 57.6 Å². The van der Waals surface area contributed by atoms with E-state index in [4.69, 9.17) is 16.3 Å². The second-order valence-corrected chi connectivity index (χ2v) is 9.99. The van der Waals surface area contributed by atoms with Gasteiger partial charge in [-0.1, -0.05) is 17.7 Å². The van der Waals surface area contributed by atoms with E-state index in [1.165, 1.54) is 35.2 Å². The number of ether oxygens (including phenoxy) is 1. The van der Waals surface area contributed by atoms with Crippen LogP contribution in [-0.4, -0.2) is 57.8 Å². The number of aliphatic hydroxyl groups is 1. The minimum Gasteiger partial charge on any atom is -0.478 e. The number of hydrogen-bond donors (Lipinski definition) is 2. The molecule has 2 aromatic rings. The zero-order valence-corrected chi connectivity index (χ0v) is 20.6. The third kappa shape index (κ3) is 6.00. The van der Waals surface area contributed by atoms with Gasteiger partial charge in [0.2, 0.25) is 0 Å². The normalized spacial score (nSPS) is 17.1. The van der Waals surface area contributed by atoms with Crippen molar-refractivity contribution in [1.29, 1.82) is 0 Å². The summed E-state index contributed by atoms with van der Waals surface area (Å²) in [6.07, 6.45) is 1.41. The number of aliphatic hydroxyl groups excluding tert-OH is 1. The molecule has 0 saturated carbocycles. The van der Waals surface area contributed by atoms with Gasteiger partial charge in [0.25, 0.3) is 0 Å². The smallest absolute Gasteiger partial charge is 0.410 e. The monoisotopic (exact) mass is 505 g/mol. The molecule has 0 spiro atoms. The molecule has 1 amide bonds. The highest BCUT2D eigenvalue weighted by Gasteiger charge is 2.38. The fraction of sp³-hybridized carbons (Fsp3) is 0.423. The molecule has 7 nitrogen and oxygen atoms in total. The van der Waals surface area contributed by atoms with Gasteiger partial charge in [-0.2, -0.15) is 0 Å². The second-order valence-electron chi connectivity index (χ2n) is 9.56. The lowest BCUT2D eigenvalue weighted by molar-refractivity contribution is 0.00322. The number of halogens is 2. The summed E-state index contributed by atoms with van der Waals surface area (Å²) < 4.78 is 21.5. The average Bonchev–Trinajstić information content (AvgIpc) is 2.79. The summed E-state index contributed by atoms with van der Waals surface area (Å²) in [7, 11) is 0. The fourth-order valence-corrected chi connectivity index (χ4v) is 4.50. The number of amides is 1. The van der Waals surface area contributed by atoms with Crippen molar-refractivity contribution in [2.75, 3.05) is 13.2 Å². The molecule has 9 heteroatoms. The minimum absolute atomic E-state index is 0.0322. The number of piperidine rings is 1. The molecule has 2 unspecified atom stereocenters. The molecule has 2 atom stereocenters. The standard InChI is InChI=1S/C26H29ClFNO6/c1-26(2,3)35-25(34)29-13-5-4-6-20(29)19(14-30)17-11-12-18(24(32)33)21(22(17)28)23(31)15-7-9-16(27)10-8-15/h7-12,19-20,30H,4-6,13-14H2,1-3H3,(H,32,33). The number of carbonyl (C=O) groups excluding carboxylic acids is 2. The first kappa shape index (κ1) is 26.6. The highest BCUT2D eigenvalue weighted by atomic mass is 35.5. The van der Waals surface area contributed by atoms with E-state index in [0.717, 1.165) is 18.9 Å². The maximum atomic E-state index is 15.9. The van der Waals surface area contributed by atoms with Crippen LogP contribution in [0.1, 0.15) is 77.8 Å². The summed E-state index contributed by atoms with van der Waals surface area (Å²) in [6.45, 7) is 5.09. The number of ketones is 1. The van der Waals surface area contributed by atoms with Crippen molar-refractivity contribution in [1.82, 2.24) is 4.90 Å². The molecule has 2 N–H and O–H groups in total. The molecule has 1 saturated heterocycles. The lowest BCUT2D eigenvalue weighted by atomic mass is 9.83. The second kappa shape index (κ2) is 10.7. The number of benzene rings is 2. The van der Waals surface area contributed by atoms with E-state index < -0.39 is 59.0 Å². The van der Waals surface area contributed by atoms with Crippen LogP contribution in [0, 0.1) is 5.82 Å². The third-order valence-corrected chi connectivity index (χ3v) is 6.23. The largest absolute Gasteiger partial charge is 0.478 e. The van der Waals surface area contributed by atoms with Crippen LogP contribution in [0.5, 0.6) is 0 Å². The van der Waals surface area contributed by atoms with E-state index in [1.54, 1.807) is 20.8 Å². The predicted molar refractivity (Wildman–Crippen MR) is 129 cm³/mol. The van der Waals surface area contributed by atoms with Gasteiger partial charge in [0, 0.05) is 29.1 Å². The van der Waals surface area contributed by atoms with E-state index in [1.807, 2.05) is 0 Å². The molecule has 1 fully saturated rings. The van der Waals surface area contributed by atoms with Crippen LogP contribution in [0.2, 0.25) is 5.02 Å². The van der Waals surface area contributed by atoms with Crippen molar-refractivity contribution < 1.29 is 33.7 Å². The Morgan fingerprint density at radius 2 is 1.80 bits per heavy atom. The Morgan fingerprint density at radius 1 is 1.14 bits per heavy atom.